The summed E-state index contributed by atoms with van der Waals surface area (Å²) in [5.74, 6) is 0.637. The highest BCUT2D eigenvalue weighted by atomic mass is 15.3. The number of nitrogens with zero attached hydrogens (tertiary/aromatic N) is 20. The van der Waals surface area contributed by atoms with Gasteiger partial charge >= 0.3 is 0 Å². The number of pyridine rings is 12. The molecule has 0 saturated heterocycles. The minimum absolute atomic E-state index is 0.637. The Morgan fingerprint density at radius 3 is 1.02 bits per heavy atom. The van der Waals surface area contributed by atoms with Crippen molar-refractivity contribution in [2.24, 2.45) is 0 Å². The normalized spacial score (nSPS) is 10.0. The first-order valence-corrected chi connectivity index (χ1v) is 30.9. The molecule has 0 aliphatic carbocycles. The Kier molecular flexibility index (Phi) is 24.6. The first-order chi connectivity index (χ1) is 49.2. The number of hydrogen-bond donors (Lipinski definition) is 0. The zero-order valence-corrected chi connectivity index (χ0v) is 53.1. The lowest BCUT2D eigenvalue weighted by Gasteiger charge is -1.91. The molecule has 0 atom stereocenters. The molecule has 0 spiro atoms. The van der Waals surface area contributed by atoms with E-state index >= 15 is 0 Å². The lowest BCUT2D eigenvalue weighted by atomic mass is 10.2. The van der Waals surface area contributed by atoms with Gasteiger partial charge in [0.25, 0.3) is 5.78 Å². The molecule has 0 unspecified atom stereocenters. The molecule has 20 heteroatoms. The van der Waals surface area contributed by atoms with Gasteiger partial charge in [-0.15, -0.1) is 0 Å². The second-order valence-electron chi connectivity index (χ2n) is 20.5. The number of para-hydroxylation sites is 3. The number of aromatic nitrogens is 20. The van der Waals surface area contributed by atoms with E-state index in [0.29, 0.717) is 5.78 Å². The first-order valence-electron chi connectivity index (χ1n) is 30.9. The molecule has 4 aromatic carbocycles. The quantitative estimate of drug-likeness (QED) is 0.137. The van der Waals surface area contributed by atoms with Crippen molar-refractivity contribution < 1.29 is 0 Å². The van der Waals surface area contributed by atoms with Crippen LogP contribution < -0.4 is 0 Å². The van der Waals surface area contributed by atoms with E-state index in [4.69, 9.17) is 0 Å². The van der Waals surface area contributed by atoms with Crippen molar-refractivity contribution >= 4 is 104 Å². The fraction of sp³-hybridized carbons (Fsp3) is 0. The van der Waals surface area contributed by atoms with Gasteiger partial charge in [0, 0.05) is 161 Å². The Hall–Kier alpha value is -14.3. The highest BCUT2D eigenvalue weighted by molar-refractivity contribution is 5.83. The average Bonchev–Trinajstić information content (AvgIpc) is 2.26. The van der Waals surface area contributed by atoms with Gasteiger partial charge in [-0.1, -0.05) is 91.0 Å². The Labute approximate surface area is 567 Å². The lowest BCUT2D eigenvalue weighted by molar-refractivity contribution is 0.902. The number of imidazole rings is 1. The zero-order valence-electron chi connectivity index (χ0n) is 53.1. The van der Waals surface area contributed by atoms with Crippen LogP contribution in [0.15, 0.2) is 368 Å². The molecule has 0 aliphatic heterocycles. The summed E-state index contributed by atoms with van der Waals surface area (Å²) < 4.78 is 1.61. The summed E-state index contributed by atoms with van der Waals surface area (Å²) in [6, 6.07) is 69.1. The fourth-order valence-electron chi connectivity index (χ4n) is 9.13. The predicted octanol–water partition coefficient (Wildman–Crippen LogP) is 16.0. The Morgan fingerprint density at radius 1 is 0.182 bits per heavy atom. The lowest BCUT2D eigenvalue weighted by Crippen LogP contribution is -1.89. The van der Waals surface area contributed by atoms with E-state index in [1.165, 1.54) is 16.2 Å². The number of rotatable bonds is 0. The van der Waals surface area contributed by atoms with Gasteiger partial charge < -0.3 is 0 Å². The summed E-state index contributed by atoms with van der Waals surface area (Å²) in [5.41, 5.74) is 7.71. The molecular weight excluding hydrogens is 1230 g/mol. The van der Waals surface area contributed by atoms with Crippen LogP contribution in [0.3, 0.4) is 0 Å². The number of benzene rings is 4. The molecule has 20 rings (SSSR count). The molecule has 476 valence electrons. The van der Waals surface area contributed by atoms with Crippen molar-refractivity contribution in [1.82, 2.24) is 99.3 Å². The third-order valence-corrected chi connectivity index (χ3v) is 13.9. The number of fused-ring (bicyclic) bond motifs is 10. The Morgan fingerprint density at radius 2 is 0.515 bits per heavy atom. The van der Waals surface area contributed by atoms with Gasteiger partial charge in [0.1, 0.15) is 12.7 Å². The predicted molar refractivity (Wildman–Crippen MR) is 391 cm³/mol. The van der Waals surface area contributed by atoms with E-state index in [2.05, 4.69) is 119 Å². The van der Waals surface area contributed by atoms with Crippen LogP contribution in [-0.2, 0) is 0 Å². The van der Waals surface area contributed by atoms with Crippen LogP contribution in [0.2, 0.25) is 0 Å². The van der Waals surface area contributed by atoms with Crippen molar-refractivity contribution in [1.29, 1.82) is 0 Å². The van der Waals surface area contributed by atoms with E-state index < -0.39 is 0 Å². The van der Waals surface area contributed by atoms with E-state index in [9.17, 15) is 0 Å². The third-order valence-electron chi connectivity index (χ3n) is 13.9. The van der Waals surface area contributed by atoms with Crippen molar-refractivity contribution in [3.63, 3.8) is 0 Å². The third kappa shape index (κ3) is 20.6. The van der Waals surface area contributed by atoms with Gasteiger partial charge in [-0.05, 0) is 132 Å². The van der Waals surface area contributed by atoms with Crippen molar-refractivity contribution in [3.05, 3.63) is 368 Å². The van der Waals surface area contributed by atoms with E-state index in [-0.39, 0.29) is 0 Å². The molecule has 20 nitrogen and oxygen atoms in total. The molecule has 0 bridgehead atoms. The molecule has 0 saturated carbocycles. The second-order valence-corrected chi connectivity index (χ2v) is 20.5. The Bertz CT molecular complexity index is 4120. The smallest absolute Gasteiger partial charge is 0.250 e. The van der Waals surface area contributed by atoms with Gasteiger partial charge in [0.2, 0.25) is 0 Å². The van der Waals surface area contributed by atoms with Gasteiger partial charge in [-0.25, -0.2) is 44.4 Å². The summed E-state index contributed by atoms with van der Waals surface area (Å²) >= 11 is 0. The van der Waals surface area contributed by atoms with E-state index in [1.54, 1.807) is 110 Å². The fourth-order valence-corrected chi connectivity index (χ4v) is 9.13. The van der Waals surface area contributed by atoms with Crippen LogP contribution in [0.4, 0.5) is 0 Å². The first kappa shape index (κ1) is 66.2. The summed E-state index contributed by atoms with van der Waals surface area (Å²) in [7, 11) is 0. The summed E-state index contributed by atoms with van der Waals surface area (Å²) in [5, 5.41) is 15.3. The molecule has 0 amide bonds. The van der Waals surface area contributed by atoms with Crippen molar-refractivity contribution in [3.8, 4) is 0 Å². The highest BCUT2D eigenvalue weighted by Gasteiger charge is 1.95. The minimum atomic E-state index is 0.637. The number of hydrogen-bond acceptors (Lipinski definition) is 19. The van der Waals surface area contributed by atoms with Gasteiger partial charge in [-0.2, -0.15) is 5.10 Å². The molecule has 99 heavy (non-hydrogen) atoms. The van der Waals surface area contributed by atoms with Crippen LogP contribution >= 0.6 is 0 Å². The van der Waals surface area contributed by atoms with Crippen LogP contribution in [0, 0.1) is 0 Å². The van der Waals surface area contributed by atoms with Gasteiger partial charge in [-0.3, -0.25) is 49.8 Å². The van der Waals surface area contributed by atoms with Crippen molar-refractivity contribution in [2.75, 3.05) is 0 Å². The molecule has 0 radical (unpaired) electrons. The SMILES string of the molecule is c1cc2cnccc2cn1.c1ccc2cnccc2c1.c1ccc2ncccc2c1.c1ccc2ncncc2c1.c1ccc2ncncc2c1.c1cnc2cccnc2c1.c1cnc2ccncc2c1.c1cnc2cnccc2c1.c1cnc2ncccc2c1.c1cnn2ccnc2n1. The second kappa shape index (κ2) is 36.8. The molecule has 20 aromatic rings. The molecule has 16 aromatic heterocycles. The standard InChI is InChI=1S/2C9H7N.7C8H6N2.C5H4N4/c1-2-6-9-8(4-1)5-3-7-10-9;1-2-4-9-7-10-6-5-8(9)3-1;1-3-9-6-8-2-4-10-5-7(1)8;1-3-7-8(9-5-1)4-2-6-10-7;1-3-7-4-2-6-10-8(7)9-5-1;1-2-7-6-9-5-3-8(7)10-4-1;1-2-7-3-5-9-6-8(7)10-4-1;2*1-2-4-8-7(3-1)5-9-6-10-8;1-2-8-9-4-3-7-5(9)6-1/h2*1-7H;7*1-6H;1-4H. The minimum Gasteiger partial charge on any atom is -0.264 e. The van der Waals surface area contributed by atoms with Gasteiger partial charge in [0.05, 0.1) is 63.4 Å². The van der Waals surface area contributed by atoms with Crippen LogP contribution in [0.5, 0.6) is 0 Å². The zero-order chi connectivity index (χ0) is 67.4. The monoisotopic (exact) mass is 1290 g/mol. The Balaban J connectivity index is 0.000000111. The summed E-state index contributed by atoms with van der Waals surface area (Å²) in [4.78, 5) is 72.5. The highest BCUT2D eigenvalue weighted by Crippen LogP contribution is 2.14. The maximum atomic E-state index is 4.18. The van der Waals surface area contributed by atoms with Crippen LogP contribution in [0.25, 0.3) is 104 Å². The molecule has 0 fully saturated rings. The van der Waals surface area contributed by atoms with Gasteiger partial charge in [0.15, 0.2) is 5.65 Å². The molecular formula is C79H60N20. The maximum absolute atomic E-state index is 4.18. The van der Waals surface area contributed by atoms with E-state index in [0.717, 1.165) is 82.0 Å². The maximum Gasteiger partial charge on any atom is 0.250 e. The molecule has 0 N–H and O–H groups in total. The largest absolute Gasteiger partial charge is 0.264 e. The van der Waals surface area contributed by atoms with Crippen LogP contribution in [-0.4, -0.2) is 99.3 Å². The van der Waals surface area contributed by atoms with E-state index in [1.807, 2.05) is 238 Å². The summed E-state index contributed by atoms with van der Waals surface area (Å²) in [6.45, 7) is 0. The van der Waals surface area contributed by atoms with Crippen molar-refractivity contribution in [2.45, 2.75) is 0 Å². The molecule has 16 heterocycles. The summed E-state index contributed by atoms with van der Waals surface area (Å²) in [6.07, 6.45) is 43.7. The molecule has 0 aliphatic rings. The average molecular weight is 1290 g/mol. The van der Waals surface area contributed by atoms with Crippen LogP contribution in [0.1, 0.15) is 0 Å². The topological polar surface area (TPSA) is 249 Å².